The Morgan fingerprint density at radius 3 is 2.73 bits per heavy atom. The van der Waals surface area contributed by atoms with E-state index in [1.54, 1.807) is 0 Å². The van der Waals surface area contributed by atoms with Gasteiger partial charge in [-0.05, 0) is 43.9 Å². The van der Waals surface area contributed by atoms with Crippen molar-refractivity contribution in [1.29, 1.82) is 0 Å². The van der Waals surface area contributed by atoms with E-state index in [9.17, 15) is 13.2 Å². The second kappa shape index (κ2) is 6.88. The molecule has 8 heteroatoms. The number of nitrogens with one attached hydrogen (secondary N) is 1. The number of likely N-dealkylation sites (tertiary alicyclic amines) is 1. The van der Waals surface area contributed by atoms with Crippen LogP contribution in [0.2, 0.25) is 0 Å². The molecule has 0 radical (unpaired) electrons. The van der Waals surface area contributed by atoms with Gasteiger partial charge in [0.15, 0.2) is 15.0 Å². The van der Waals surface area contributed by atoms with Crippen LogP contribution in [-0.2, 0) is 9.84 Å². The average molecular weight is 394 g/mol. The summed E-state index contributed by atoms with van der Waals surface area (Å²) in [4.78, 5) is 19.2. The van der Waals surface area contributed by atoms with Crippen molar-refractivity contribution in [3.8, 4) is 0 Å². The molecule has 1 amide bonds. The van der Waals surface area contributed by atoms with Crippen LogP contribution in [0.1, 0.15) is 35.2 Å². The molecule has 26 heavy (non-hydrogen) atoms. The number of aryl methyl sites for hydroxylation is 1. The molecule has 0 spiro atoms. The molecule has 0 unspecified atom stereocenters. The van der Waals surface area contributed by atoms with E-state index in [0.717, 1.165) is 42.3 Å². The van der Waals surface area contributed by atoms with Gasteiger partial charge >= 0.3 is 0 Å². The van der Waals surface area contributed by atoms with Gasteiger partial charge in [-0.3, -0.25) is 9.79 Å². The van der Waals surface area contributed by atoms with Crippen LogP contribution in [0.25, 0.3) is 0 Å². The van der Waals surface area contributed by atoms with Gasteiger partial charge in [0, 0.05) is 29.6 Å². The third-order valence-electron chi connectivity index (χ3n) is 5.19. The van der Waals surface area contributed by atoms with Crippen molar-refractivity contribution in [2.24, 2.45) is 4.99 Å². The minimum Gasteiger partial charge on any atom is -0.339 e. The van der Waals surface area contributed by atoms with Crippen LogP contribution in [0.3, 0.4) is 0 Å². The van der Waals surface area contributed by atoms with Crippen molar-refractivity contribution in [2.45, 2.75) is 37.5 Å². The number of hydrogen-bond acceptors (Lipinski definition) is 6. The molecule has 140 valence electrons. The first-order chi connectivity index (χ1) is 12.4. The van der Waals surface area contributed by atoms with E-state index in [1.165, 1.54) is 18.2 Å². The lowest BCUT2D eigenvalue weighted by molar-refractivity contribution is 0.0724. The second-order valence-corrected chi connectivity index (χ2v) is 10.6. The SMILES string of the molecule is Cc1ccc(C(=O)N2CCCCC2)cc1NC1=N[C@H]2CS(=O)(=O)C[C@H]2S1. The molecule has 1 aromatic rings. The number of sulfone groups is 1. The van der Waals surface area contributed by atoms with Crippen LogP contribution in [-0.4, -0.2) is 60.3 Å². The highest BCUT2D eigenvalue weighted by Crippen LogP contribution is 2.35. The fourth-order valence-corrected chi connectivity index (χ4v) is 7.37. The smallest absolute Gasteiger partial charge is 0.253 e. The van der Waals surface area contributed by atoms with E-state index in [4.69, 9.17) is 0 Å². The highest BCUT2D eigenvalue weighted by Gasteiger charge is 2.42. The number of carbonyl (C=O) groups is 1. The first kappa shape index (κ1) is 17.9. The molecule has 2 fully saturated rings. The normalized spacial score (nSPS) is 27.1. The molecule has 1 N–H and O–H groups in total. The molecule has 1 aromatic carbocycles. The van der Waals surface area contributed by atoms with Crippen LogP contribution in [0.15, 0.2) is 23.2 Å². The quantitative estimate of drug-likeness (QED) is 0.834. The Hall–Kier alpha value is -1.54. The number of thioether (sulfide) groups is 1. The zero-order chi connectivity index (χ0) is 18.3. The van der Waals surface area contributed by atoms with E-state index in [1.807, 2.05) is 30.0 Å². The molecule has 3 aliphatic rings. The van der Waals surface area contributed by atoms with Crippen molar-refractivity contribution in [1.82, 2.24) is 4.90 Å². The minimum atomic E-state index is -2.95. The van der Waals surface area contributed by atoms with Crippen LogP contribution in [0.4, 0.5) is 5.69 Å². The second-order valence-electron chi connectivity index (χ2n) is 7.24. The van der Waals surface area contributed by atoms with Crippen molar-refractivity contribution in [3.63, 3.8) is 0 Å². The fourth-order valence-electron chi connectivity index (χ4n) is 3.70. The maximum atomic E-state index is 12.7. The summed E-state index contributed by atoms with van der Waals surface area (Å²) < 4.78 is 23.4. The first-order valence-electron chi connectivity index (χ1n) is 9.03. The Morgan fingerprint density at radius 1 is 1.23 bits per heavy atom. The lowest BCUT2D eigenvalue weighted by atomic mass is 10.1. The first-order valence-corrected chi connectivity index (χ1v) is 11.7. The highest BCUT2D eigenvalue weighted by atomic mass is 32.2. The summed E-state index contributed by atoms with van der Waals surface area (Å²) in [6.45, 7) is 3.65. The van der Waals surface area contributed by atoms with E-state index >= 15 is 0 Å². The summed E-state index contributed by atoms with van der Waals surface area (Å²) in [6.07, 6.45) is 3.34. The summed E-state index contributed by atoms with van der Waals surface area (Å²) in [5.74, 6) is 0.419. The van der Waals surface area contributed by atoms with Crippen molar-refractivity contribution >= 4 is 38.4 Å². The van der Waals surface area contributed by atoms with Gasteiger partial charge in [-0.2, -0.15) is 0 Å². The van der Waals surface area contributed by atoms with E-state index in [2.05, 4.69) is 10.3 Å². The van der Waals surface area contributed by atoms with E-state index < -0.39 is 9.84 Å². The number of rotatable bonds is 2. The van der Waals surface area contributed by atoms with E-state index in [0.29, 0.717) is 5.56 Å². The Balaban J connectivity index is 1.50. The molecule has 0 aliphatic carbocycles. The average Bonchev–Trinajstić information content (AvgIpc) is 3.09. The highest BCUT2D eigenvalue weighted by molar-refractivity contribution is 8.15. The predicted octanol–water partition coefficient (Wildman–Crippen LogP) is 2.30. The van der Waals surface area contributed by atoms with Crippen LogP contribution in [0, 0.1) is 6.92 Å². The number of aliphatic imine (C=N–C) groups is 1. The van der Waals surface area contributed by atoms with Crippen LogP contribution < -0.4 is 5.32 Å². The summed E-state index contributed by atoms with van der Waals surface area (Å²) in [5, 5.41) is 4.08. The van der Waals surface area contributed by atoms with Gasteiger partial charge in [0.25, 0.3) is 5.91 Å². The third-order valence-corrected chi connectivity index (χ3v) is 8.33. The van der Waals surface area contributed by atoms with Gasteiger partial charge in [0.2, 0.25) is 0 Å². The molecule has 3 aliphatic heterocycles. The largest absolute Gasteiger partial charge is 0.339 e. The monoisotopic (exact) mass is 393 g/mol. The third kappa shape index (κ3) is 3.62. The zero-order valence-corrected chi connectivity index (χ0v) is 16.4. The topological polar surface area (TPSA) is 78.8 Å². The Kier molecular flexibility index (Phi) is 4.73. The molecule has 2 atom stereocenters. The maximum absolute atomic E-state index is 12.7. The lowest BCUT2D eigenvalue weighted by Gasteiger charge is -2.27. The van der Waals surface area contributed by atoms with Crippen molar-refractivity contribution in [3.05, 3.63) is 29.3 Å². The molecular formula is C18H23N3O3S2. The lowest BCUT2D eigenvalue weighted by Crippen LogP contribution is -2.35. The van der Waals surface area contributed by atoms with Crippen molar-refractivity contribution in [2.75, 3.05) is 29.9 Å². The Bertz CT molecular complexity index is 860. The number of piperidine rings is 1. The maximum Gasteiger partial charge on any atom is 0.253 e. The van der Waals surface area contributed by atoms with Gasteiger partial charge in [0.05, 0.1) is 17.5 Å². The van der Waals surface area contributed by atoms with E-state index in [-0.39, 0.29) is 28.7 Å². The predicted molar refractivity (Wildman–Crippen MR) is 106 cm³/mol. The summed E-state index contributed by atoms with van der Waals surface area (Å²) in [7, 11) is -2.95. The molecule has 2 saturated heterocycles. The number of nitrogens with zero attached hydrogens (tertiary/aromatic N) is 2. The molecular weight excluding hydrogens is 370 g/mol. The van der Waals surface area contributed by atoms with Gasteiger partial charge in [-0.25, -0.2) is 8.42 Å². The van der Waals surface area contributed by atoms with Gasteiger partial charge < -0.3 is 10.2 Å². The molecule has 0 saturated carbocycles. The molecule has 3 heterocycles. The standard InChI is InChI=1S/C18H23N3O3S2/c1-12-5-6-13(17(22)21-7-3-2-4-8-21)9-14(12)19-18-20-15-10-26(23,24)11-16(15)25-18/h5-6,9,15-16H,2-4,7-8,10-11H2,1H3,(H,19,20)/t15-,16+/m0/s1. The van der Waals surface area contributed by atoms with Crippen molar-refractivity contribution < 1.29 is 13.2 Å². The molecule has 4 rings (SSSR count). The number of hydrogen-bond donors (Lipinski definition) is 1. The van der Waals surface area contributed by atoms with Gasteiger partial charge in [-0.1, -0.05) is 17.8 Å². The Labute approximate surface area is 158 Å². The molecule has 0 bridgehead atoms. The van der Waals surface area contributed by atoms with Gasteiger partial charge in [0.1, 0.15) is 0 Å². The number of amidine groups is 1. The number of carbonyl (C=O) groups excluding carboxylic acids is 1. The Morgan fingerprint density at radius 2 is 2.00 bits per heavy atom. The van der Waals surface area contributed by atoms with Gasteiger partial charge in [-0.15, -0.1) is 0 Å². The molecule has 0 aromatic heterocycles. The summed E-state index contributed by atoms with van der Waals surface area (Å²) in [6, 6.07) is 5.57. The molecule has 6 nitrogen and oxygen atoms in total. The minimum absolute atomic E-state index is 0.0148. The summed E-state index contributed by atoms with van der Waals surface area (Å²) >= 11 is 1.49. The van der Waals surface area contributed by atoms with Crippen LogP contribution >= 0.6 is 11.8 Å². The fraction of sp³-hybridized carbons (Fsp3) is 0.556. The number of amides is 1. The summed E-state index contributed by atoms with van der Waals surface area (Å²) in [5.41, 5.74) is 2.58. The number of fused-ring (bicyclic) bond motifs is 1. The number of anilines is 1. The van der Waals surface area contributed by atoms with Crippen LogP contribution in [0.5, 0.6) is 0 Å². The zero-order valence-electron chi connectivity index (χ0n) is 14.8. The number of benzene rings is 1.